The van der Waals surface area contributed by atoms with Crippen molar-refractivity contribution in [2.75, 3.05) is 11.9 Å². The molecule has 0 aromatic carbocycles. The van der Waals surface area contributed by atoms with Crippen LogP contribution in [0.3, 0.4) is 0 Å². The fraction of sp³-hybridized carbons (Fsp3) is 0.467. The molecule has 1 aliphatic heterocycles. The quantitative estimate of drug-likeness (QED) is 0.692. The predicted molar refractivity (Wildman–Crippen MR) is 87.4 cm³/mol. The Morgan fingerprint density at radius 1 is 1.35 bits per heavy atom. The number of hydrogen-bond acceptors (Lipinski definition) is 7. The van der Waals surface area contributed by atoms with E-state index in [0.717, 1.165) is 25.9 Å². The number of alkyl halides is 2. The molecule has 0 unspecified atom stereocenters. The molecule has 0 bridgehead atoms. The number of halogens is 2. The first-order valence-electron chi connectivity index (χ1n) is 8.25. The molecule has 0 amide bonds. The van der Waals surface area contributed by atoms with E-state index in [2.05, 4.69) is 35.3 Å². The Bertz CT molecular complexity index is 876. The maximum atomic E-state index is 12.2. The summed E-state index contributed by atoms with van der Waals surface area (Å²) in [6.07, 6.45) is 6.51. The van der Waals surface area contributed by atoms with Crippen molar-refractivity contribution < 1.29 is 18.3 Å². The third kappa shape index (κ3) is 3.72. The van der Waals surface area contributed by atoms with E-state index in [9.17, 15) is 8.78 Å². The van der Waals surface area contributed by atoms with Crippen molar-refractivity contribution in [3.63, 3.8) is 0 Å². The summed E-state index contributed by atoms with van der Waals surface area (Å²) in [5.41, 5.74) is 1.28. The maximum Gasteiger partial charge on any atom is 0.388 e. The highest BCUT2D eigenvalue weighted by Gasteiger charge is 2.17. The number of ether oxygens (including phenoxy) is 2. The summed E-state index contributed by atoms with van der Waals surface area (Å²) >= 11 is 0. The van der Waals surface area contributed by atoms with Gasteiger partial charge in [0.05, 0.1) is 25.0 Å². The third-order valence-electron chi connectivity index (χ3n) is 4.02. The minimum atomic E-state index is -2.92. The third-order valence-corrected chi connectivity index (χ3v) is 4.02. The second-order valence-electron chi connectivity index (χ2n) is 5.90. The number of aromatic nitrogens is 6. The van der Waals surface area contributed by atoms with Crippen LogP contribution in [0.2, 0.25) is 0 Å². The Kier molecular flexibility index (Phi) is 4.61. The molecule has 0 aliphatic carbocycles. The van der Waals surface area contributed by atoms with Crippen molar-refractivity contribution >= 4 is 22.8 Å². The van der Waals surface area contributed by atoms with Crippen molar-refractivity contribution in [2.45, 2.75) is 38.5 Å². The fourth-order valence-electron chi connectivity index (χ4n) is 2.84. The number of nitrogens with one attached hydrogen (secondary N) is 2. The van der Waals surface area contributed by atoms with Gasteiger partial charge in [0.25, 0.3) is 0 Å². The van der Waals surface area contributed by atoms with Crippen molar-refractivity contribution in [3.05, 3.63) is 18.5 Å². The lowest BCUT2D eigenvalue weighted by atomic mass is 10.1. The standard InChI is InChI=1S/C15H17F2N7O2/c16-15(17)26-13-5-11(22-23-13)20-12-7-18-10-6-19-24(14(10)21-12)8-9-3-1-2-4-25-9/h5-7,9,15H,1-4,8H2,(H2,20,21,22,23)/t9-/m0/s1. The van der Waals surface area contributed by atoms with Crippen LogP contribution in [0.4, 0.5) is 20.4 Å². The van der Waals surface area contributed by atoms with Gasteiger partial charge in [0.1, 0.15) is 5.52 Å². The van der Waals surface area contributed by atoms with Gasteiger partial charge in [0.15, 0.2) is 17.3 Å². The first-order chi connectivity index (χ1) is 12.7. The number of anilines is 2. The van der Waals surface area contributed by atoms with Crippen LogP contribution in [-0.2, 0) is 11.3 Å². The van der Waals surface area contributed by atoms with E-state index in [1.807, 2.05) is 0 Å². The number of fused-ring (bicyclic) bond motifs is 1. The second-order valence-corrected chi connectivity index (χ2v) is 5.90. The minimum absolute atomic E-state index is 0.116. The monoisotopic (exact) mass is 365 g/mol. The van der Waals surface area contributed by atoms with Crippen LogP contribution in [0.1, 0.15) is 19.3 Å². The lowest BCUT2D eigenvalue weighted by Gasteiger charge is -2.22. The van der Waals surface area contributed by atoms with Gasteiger partial charge in [-0.15, -0.1) is 0 Å². The molecule has 1 fully saturated rings. The molecule has 4 rings (SSSR count). The molecule has 9 nitrogen and oxygen atoms in total. The molecular formula is C15H17F2N7O2. The molecule has 1 atom stereocenters. The fourth-order valence-corrected chi connectivity index (χ4v) is 2.84. The zero-order valence-corrected chi connectivity index (χ0v) is 13.7. The Balaban J connectivity index is 1.51. The molecular weight excluding hydrogens is 348 g/mol. The normalized spacial score (nSPS) is 17.7. The summed E-state index contributed by atoms with van der Waals surface area (Å²) in [7, 11) is 0. The van der Waals surface area contributed by atoms with Gasteiger partial charge in [0, 0.05) is 12.7 Å². The SMILES string of the molecule is FC(F)Oc1cc(Nc2cnc3cnn(C[C@@H]4CCCCO4)c3n2)n[nH]1. The summed E-state index contributed by atoms with van der Waals surface area (Å²) in [5.74, 6) is 0.561. The number of H-pyrrole nitrogens is 1. The van der Waals surface area contributed by atoms with Gasteiger partial charge in [-0.1, -0.05) is 0 Å². The molecule has 3 aromatic rings. The number of hydrogen-bond donors (Lipinski definition) is 2. The van der Waals surface area contributed by atoms with Gasteiger partial charge in [-0.25, -0.2) is 19.7 Å². The molecule has 0 saturated carbocycles. The molecule has 138 valence electrons. The largest absolute Gasteiger partial charge is 0.417 e. The van der Waals surface area contributed by atoms with Crippen molar-refractivity contribution in [1.29, 1.82) is 0 Å². The topological polar surface area (TPSA) is 103 Å². The van der Waals surface area contributed by atoms with Crippen LogP contribution in [-0.4, -0.2) is 49.3 Å². The van der Waals surface area contributed by atoms with E-state index < -0.39 is 6.61 Å². The van der Waals surface area contributed by atoms with Gasteiger partial charge >= 0.3 is 6.61 Å². The molecule has 0 spiro atoms. The van der Waals surface area contributed by atoms with Crippen molar-refractivity contribution in [2.24, 2.45) is 0 Å². The van der Waals surface area contributed by atoms with E-state index in [-0.39, 0.29) is 17.8 Å². The Hall–Kier alpha value is -2.82. The van der Waals surface area contributed by atoms with Gasteiger partial charge in [-0.2, -0.15) is 19.0 Å². The highest BCUT2D eigenvalue weighted by molar-refractivity contribution is 5.71. The van der Waals surface area contributed by atoms with Gasteiger partial charge in [0.2, 0.25) is 5.88 Å². The van der Waals surface area contributed by atoms with Crippen LogP contribution in [0.5, 0.6) is 5.88 Å². The highest BCUT2D eigenvalue weighted by atomic mass is 19.3. The van der Waals surface area contributed by atoms with Crippen LogP contribution >= 0.6 is 0 Å². The Morgan fingerprint density at radius 3 is 3.08 bits per heavy atom. The molecule has 1 aliphatic rings. The van der Waals surface area contributed by atoms with Crippen LogP contribution < -0.4 is 10.1 Å². The summed E-state index contributed by atoms with van der Waals surface area (Å²) < 4.78 is 36.1. The summed E-state index contributed by atoms with van der Waals surface area (Å²) in [6, 6.07) is 1.31. The summed E-state index contributed by atoms with van der Waals surface area (Å²) in [4.78, 5) is 8.80. The minimum Gasteiger partial charge on any atom is -0.417 e. The molecule has 1 saturated heterocycles. The van der Waals surface area contributed by atoms with Gasteiger partial charge in [-0.05, 0) is 19.3 Å². The van der Waals surface area contributed by atoms with Crippen LogP contribution in [0.15, 0.2) is 18.5 Å². The zero-order chi connectivity index (χ0) is 17.9. The van der Waals surface area contributed by atoms with Gasteiger partial charge < -0.3 is 14.8 Å². The second kappa shape index (κ2) is 7.20. The number of aromatic amines is 1. The summed E-state index contributed by atoms with van der Waals surface area (Å²) in [5, 5.41) is 13.4. The average Bonchev–Trinajstić information content (AvgIpc) is 3.22. The lowest BCUT2D eigenvalue weighted by molar-refractivity contribution is -0.0528. The van der Waals surface area contributed by atoms with Crippen molar-refractivity contribution in [3.8, 4) is 5.88 Å². The molecule has 4 heterocycles. The zero-order valence-electron chi connectivity index (χ0n) is 13.7. The van der Waals surface area contributed by atoms with E-state index in [0.29, 0.717) is 23.5 Å². The average molecular weight is 365 g/mol. The molecule has 2 N–H and O–H groups in total. The number of rotatable bonds is 6. The first-order valence-corrected chi connectivity index (χ1v) is 8.25. The molecule has 26 heavy (non-hydrogen) atoms. The van der Waals surface area contributed by atoms with E-state index in [1.54, 1.807) is 10.9 Å². The predicted octanol–water partition coefficient (Wildman–Crippen LogP) is 2.46. The van der Waals surface area contributed by atoms with Crippen LogP contribution in [0, 0.1) is 0 Å². The molecule has 3 aromatic heterocycles. The smallest absolute Gasteiger partial charge is 0.388 e. The maximum absolute atomic E-state index is 12.2. The van der Waals surface area contributed by atoms with Crippen molar-refractivity contribution in [1.82, 2.24) is 29.9 Å². The number of nitrogens with zero attached hydrogens (tertiary/aromatic N) is 5. The Morgan fingerprint density at radius 2 is 2.27 bits per heavy atom. The molecule has 0 radical (unpaired) electrons. The first kappa shape index (κ1) is 16.6. The van der Waals surface area contributed by atoms with E-state index in [1.165, 1.54) is 12.3 Å². The Labute approximate surface area is 146 Å². The van der Waals surface area contributed by atoms with Crippen LogP contribution in [0.25, 0.3) is 11.2 Å². The highest BCUT2D eigenvalue weighted by Crippen LogP contribution is 2.21. The molecule has 11 heteroatoms. The van der Waals surface area contributed by atoms with Gasteiger partial charge in [-0.3, -0.25) is 0 Å². The summed E-state index contributed by atoms with van der Waals surface area (Å²) in [6.45, 7) is -1.54. The lowest BCUT2D eigenvalue weighted by Crippen LogP contribution is -2.25. The van der Waals surface area contributed by atoms with E-state index in [4.69, 9.17) is 4.74 Å². The van der Waals surface area contributed by atoms with E-state index >= 15 is 0 Å².